The lowest BCUT2D eigenvalue weighted by molar-refractivity contribution is -0.114. The molecule has 1 aromatic carbocycles. The van der Waals surface area contributed by atoms with E-state index in [1.807, 2.05) is 0 Å². The Morgan fingerprint density at radius 1 is 1.23 bits per heavy atom. The number of halogens is 1. The molecule has 8 nitrogen and oxygen atoms in total. The smallest absolute Gasteiger partial charge is 0.277 e. The molecule has 0 bridgehead atoms. The number of rotatable bonds is 5. The van der Waals surface area contributed by atoms with Gasteiger partial charge in [0.25, 0.3) is 5.22 Å². The summed E-state index contributed by atoms with van der Waals surface area (Å²) < 4.78 is 19.6. The number of thioether (sulfide) groups is 1. The van der Waals surface area contributed by atoms with Gasteiger partial charge in [-0.1, -0.05) is 11.8 Å². The predicted molar refractivity (Wildman–Crippen MR) is 74.8 cm³/mol. The lowest BCUT2D eigenvalue weighted by Crippen LogP contribution is -2.23. The van der Waals surface area contributed by atoms with Gasteiger partial charge in [-0.25, -0.2) is 9.07 Å². The molecule has 2 heterocycles. The van der Waals surface area contributed by atoms with Crippen LogP contribution in [0.3, 0.4) is 0 Å². The molecular formula is C12H9FN6O2S. The third-order valence-electron chi connectivity index (χ3n) is 2.50. The van der Waals surface area contributed by atoms with Crippen molar-refractivity contribution in [1.29, 1.82) is 0 Å². The van der Waals surface area contributed by atoms with Crippen molar-refractivity contribution in [3.05, 3.63) is 42.7 Å². The lowest BCUT2D eigenvalue weighted by atomic mass is 10.2. The first kappa shape index (κ1) is 14.2. The first-order valence-electron chi connectivity index (χ1n) is 6.07. The number of nitrogens with one attached hydrogen (secondary N) is 1. The number of carbonyl (C=O) groups is 1. The molecule has 3 rings (SSSR count). The summed E-state index contributed by atoms with van der Waals surface area (Å²) in [6.07, 6.45) is 2.73. The maximum atomic E-state index is 12.8. The first-order chi connectivity index (χ1) is 10.7. The minimum absolute atomic E-state index is 0.0865. The molecular weight excluding hydrogens is 311 g/mol. The number of carbonyl (C=O) groups excluding carboxylic acids is 1. The highest BCUT2D eigenvalue weighted by Crippen LogP contribution is 2.23. The fourth-order valence-electron chi connectivity index (χ4n) is 1.54. The quantitative estimate of drug-likeness (QED) is 0.708. The van der Waals surface area contributed by atoms with Crippen LogP contribution in [0.25, 0.3) is 11.5 Å². The third kappa shape index (κ3) is 3.47. The Morgan fingerprint density at radius 3 is 2.68 bits per heavy atom. The van der Waals surface area contributed by atoms with E-state index in [0.717, 1.165) is 11.8 Å². The fraction of sp³-hybridized carbons (Fsp3) is 0.0833. The van der Waals surface area contributed by atoms with Gasteiger partial charge in [-0.2, -0.15) is 0 Å². The van der Waals surface area contributed by atoms with Gasteiger partial charge in [0, 0.05) is 5.56 Å². The minimum atomic E-state index is -0.344. The molecule has 0 saturated heterocycles. The molecule has 2 aromatic heterocycles. The Labute approximate surface area is 127 Å². The Bertz CT molecular complexity index is 758. The van der Waals surface area contributed by atoms with E-state index in [1.165, 1.54) is 41.6 Å². The molecule has 0 atom stereocenters. The van der Waals surface area contributed by atoms with E-state index in [-0.39, 0.29) is 28.6 Å². The van der Waals surface area contributed by atoms with Crippen LogP contribution in [-0.2, 0) is 4.79 Å². The van der Waals surface area contributed by atoms with Gasteiger partial charge in [-0.3, -0.25) is 10.2 Å². The van der Waals surface area contributed by atoms with Crippen molar-refractivity contribution in [3.8, 4) is 11.5 Å². The fourth-order valence-corrected chi connectivity index (χ4v) is 2.09. The molecule has 0 spiro atoms. The minimum Gasteiger partial charge on any atom is -0.411 e. The zero-order valence-electron chi connectivity index (χ0n) is 11.0. The average molecular weight is 320 g/mol. The molecule has 3 aromatic rings. The van der Waals surface area contributed by atoms with E-state index in [2.05, 4.69) is 25.8 Å². The van der Waals surface area contributed by atoms with Crippen LogP contribution in [0.5, 0.6) is 0 Å². The summed E-state index contributed by atoms with van der Waals surface area (Å²) in [5.74, 6) is -0.264. The summed E-state index contributed by atoms with van der Waals surface area (Å²) in [5.41, 5.74) is 3.14. The number of amides is 1. The van der Waals surface area contributed by atoms with Gasteiger partial charge >= 0.3 is 0 Å². The summed E-state index contributed by atoms with van der Waals surface area (Å²) in [6, 6.07) is 5.68. The van der Waals surface area contributed by atoms with Crippen molar-refractivity contribution in [2.24, 2.45) is 0 Å². The molecule has 22 heavy (non-hydrogen) atoms. The van der Waals surface area contributed by atoms with E-state index >= 15 is 0 Å². The van der Waals surface area contributed by atoms with Crippen molar-refractivity contribution >= 4 is 17.7 Å². The highest BCUT2D eigenvalue weighted by molar-refractivity contribution is 7.99. The van der Waals surface area contributed by atoms with Crippen LogP contribution in [0.4, 0.5) is 4.39 Å². The SMILES string of the molecule is O=C(CSc1nnc(-c2ccc(F)cc2)o1)Nn1cnnc1. The zero-order valence-corrected chi connectivity index (χ0v) is 11.8. The normalized spacial score (nSPS) is 10.6. The van der Waals surface area contributed by atoms with Crippen molar-refractivity contribution in [1.82, 2.24) is 25.1 Å². The Kier molecular flexibility index (Phi) is 4.10. The number of aromatic nitrogens is 5. The number of benzene rings is 1. The Hall–Kier alpha value is -2.75. The van der Waals surface area contributed by atoms with Gasteiger partial charge < -0.3 is 4.42 Å². The largest absolute Gasteiger partial charge is 0.411 e. The van der Waals surface area contributed by atoms with Crippen LogP contribution in [-0.4, -0.2) is 36.7 Å². The molecule has 0 aliphatic rings. The third-order valence-corrected chi connectivity index (χ3v) is 3.32. The van der Waals surface area contributed by atoms with Crippen molar-refractivity contribution in [2.75, 3.05) is 11.2 Å². The van der Waals surface area contributed by atoms with Gasteiger partial charge in [0.15, 0.2) is 0 Å². The molecule has 1 amide bonds. The zero-order chi connectivity index (χ0) is 15.4. The van der Waals surface area contributed by atoms with Crippen LogP contribution in [0.15, 0.2) is 46.6 Å². The number of hydrogen-bond donors (Lipinski definition) is 1. The van der Waals surface area contributed by atoms with Gasteiger partial charge in [0.2, 0.25) is 11.8 Å². The topological polar surface area (TPSA) is 98.7 Å². The molecule has 0 radical (unpaired) electrons. The Morgan fingerprint density at radius 2 is 1.95 bits per heavy atom. The standard InChI is InChI=1S/C12H9FN6O2S/c13-9-3-1-8(2-4-9)11-16-17-12(21-11)22-5-10(20)18-19-6-14-15-7-19/h1-4,6-7H,5H2,(H,18,20). The molecule has 0 fully saturated rings. The van der Waals surface area contributed by atoms with Gasteiger partial charge in [0.1, 0.15) is 18.5 Å². The average Bonchev–Trinajstić information content (AvgIpc) is 3.17. The van der Waals surface area contributed by atoms with Crippen molar-refractivity contribution in [2.45, 2.75) is 5.22 Å². The van der Waals surface area contributed by atoms with E-state index in [9.17, 15) is 9.18 Å². The summed E-state index contributed by atoms with van der Waals surface area (Å²) in [5, 5.41) is 15.0. The van der Waals surface area contributed by atoms with Gasteiger partial charge in [0.05, 0.1) is 5.75 Å². The summed E-state index contributed by atoms with van der Waals surface area (Å²) in [7, 11) is 0. The molecule has 0 unspecified atom stereocenters. The van der Waals surface area contributed by atoms with E-state index < -0.39 is 0 Å². The second-order valence-electron chi connectivity index (χ2n) is 4.07. The maximum absolute atomic E-state index is 12.8. The number of hydrogen-bond acceptors (Lipinski definition) is 7. The first-order valence-corrected chi connectivity index (χ1v) is 7.06. The van der Waals surface area contributed by atoms with Crippen molar-refractivity contribution in [3.63, 3.8) is 0 Å². The van der Waals surface area contributed by atoms with Crippen LogP contribution in [0, 0.1) is 5.82 Å². The Balaban J connectivity index is 1.57. The summed E-state index contributed by atoms with van der Waals surface area (Å²) >= 11 is 1.09. The van der Waals surface area contributed by atoms with E-state index in [4.69, 9.17) is 4.42 Å². The number of nitrogens with zero attached hydrogens (tertiary/aromatic N) is 5. The molecule has 1 N–H and O–H groups in total. The van der Waals surface area contributed by atoms with E-state index in [1.54, 1.807) is 0 Å². The van der Waals surface area contributed by atoms with Crippen LogP contribution in [0.2, 0.25) is 0 Å². The van der Waals surface area contributed by atoms with Gasteiger partial charge in [-0.15, -0.1) is 20.4 Å². The van der Waals surface area contributed by atoms with Crippen LogP contribution >= 0.6 is 11.8 Å². The van der Waals surface area contributed by atoms with Crippen molar-refractivity contribution < 1.29 is 13.6 Å². The summed E-state index contributed by atoms with van der Waals surface area (Å²) in [6.45, 7) is 0. The summed E-state index contributed by atoms with van der Waals surface area (Å²) in [4.78, 5) is 11.7. The van der Waals surface area contributed by atoms with Gasteiger partial charge in [-0.05, 0) is 24.3 Å². The highest BCUT2D eigenvalue weighted by Gasteiger charge is 2.11. The molecule has 0 aliphatic heterocycles. The van der Waals surface area contributed by atoms with Crippen LogP contribution < -0.4 is 5.43 Å². The molecule has 0 aliphatic carbocycles. The highest BCUT2D eigenvalue weighted by atomic mass is 32.2. The molecule has 112 valence electrons. The molecule has 0 saturated carbocycles. The predicted octanol–water partition coefficient (Wildman–Crippen LogP) is 1.33. The van der Waals surface area contributed by atoms with E-state index in [0.29, 0.717) is 5.56 Å². The monoisotopic (exact) mass is 320 g/mol. The van der Waals surface area contributed by atoms with Crippen LogP contribution in [0.1, 0.15) is 0 Å². The molecule has 10 heteroatoms. The lowest BCUT2D eigenvalue weighted by Gasteiger charge is -2.01. The second kappa shape index (κ2) is 6.35. The maximum Gasteiger partial charge on any atom is 0.277 e. The second-order valence-corrected chi connectivity index (χ2v) is 5.00.